The van der Waals surface area contributed by atoms with Crippen molar-refractivity contribution in [2.45, 2.75) is 17.8 Å². The van der Waals surface area contributed by atoms with Gasteiger partial charge in [-0.1, -0.05) is 18.2 Å². The van der Waals surface area contributed by atoms with Crippen molar-refractivity contribution in [1.29, 1.82) is 0 Å². The van der Waals surface area contributed by atoms with Crippen LogP contribution in [0, 0.1) is 29.6 Å². The van der Waals surface area contributed by atoms with Crippen LogP contribution in [0.1, 0.15) is 12.1 Å². The van der Waals surface area contributed by atoms with E-state index in [-0.39, 0.29) is 29.3 Å². The van der Waals surface area contributed by atoms with Crippen molar-refractivity contribution >= 4 is 0 Å². The first-order valence-corrected chi connectivity index (χ1v) is 7.88. The quantitative estimate of drug-likeness (QED) is 0.779. The molecule has 4 fully saturated rings. The van der Waals surface area contributed by atoms with Crippen LogP contribution in [0.4, 0.5) is 4.39 Å². The lowest BCUT2D eigenvalue weighted by atomic mass is 9.15. The first-order chi connectivity index (χ1) is 10.7. The molecule has 2 aromatic rings. The van der Waals surface area contributed by atoms with Gasteiger partial charge in [0, 0.05) is 11.8 Å². The zero-order valence-electron chi connectivity index (χ0n) is 11.5. The molecule has 8 atom stereocenters. The van der Waals surface area contributed by atoms with Crippen LogP contribution >= 0.6 is 0 Å². The van der Waals surface area contributed by atoms with Crippen LogP contribution in [-0.2, 0) is 0 Å². The monoisotopic (exact) mass is 297 g/mol. The molecule has 4 saturated carbocycles. The summed E-state index contributed by atoms with van der Waals surface area (Å²) in [5.41, 5.74) is -1.32. The number of nitrogens with zero attached hydrogens (tertiary/aromatic N) is 3. The Bertz CT molecular complexity index is 1000. The third kappa shape index (κ3) is 0.661. The van der Waals surface area contributed by atoms with Crippen molar-refractivity contribution in [3.05, 3.63) is 51.3 Å². The molecule has 6 heteroatoms. The van der Waals surface area contributed by atoms with Crippen molar-refractivity contribution in [3.63, 3.8) is 0 Å². The molecule has 110 valence electrons. The molecule has 1 aromatic carbocycles. The van der Waals surface area contributed by atoms with Gasteiger partial charge in [0.25, 0.3) is 0 Å². The third-order valence-electron chi connectivity index (χ3n) is 7.30. The molecule has 0 spiro atoms. The highest BCUT2D eigenvalue weighted by molar-refractivity contribution is 5.45. The van der Waals surface area contributed by atoms with E-state index in [0.29, 0.717) is 23.4 Å². The fourth-order valence-corrected chi connectivity index (χ4v) is 6.77. The average Bonchev–Trinajstić information content (AvgIpc) is 2.72. The number of aromatic nitrogens is 3. The standard InChI is InChI=1S/C16H12FN3O2/c17-16-10-8-7-9(10)13(16)20-15(22)18(6-4-2-1-3-5-6)14(21)19(20)12(7)11(8)16/h1-5,7-13H/t7-,8+,9+,10+,11+,12-,13+,16-/m1/s1. The van der Waals surface area contributed by atoms with E-state index < -0.39 is 11.7 Å². The Morgan fingerprint density at radius 1 is 0.909 bits per heavy atom. The third-order valence-corrected chi connectivity index (χ3v) is 7.30. The van der Waals surface area contributed by atoms with E-state index in [2.05, 4.69) is 0 Å². The van der Waals surface area contributed by atoms with E-state index in [9.17, 15) is 9.59 Å². The number of hydrogen-bond acceptors (Lipinski definition) is 2. The Kier molecular flexibility index (Phi) is 1.27. The number of hydrogen-bond donors (Lipinski definition) is 0. The van der Waals surface area contributed by atoms with E-state index in [4.69, 9.17) is 0 Å². The van der Waals surface area contributed by atoms with Gasteiger partial charge >= 0.3 is 11.4 Å². The Morgan fingerprint density at radius 2 is 1.64 bits per heavy atom. The molecule has 5 nitrogen and oxygen atoms in total. The summed E-state index contributed by atoms with van der Waals surface area (Å²) in [5.74, 6) is 1.41. The fraction of sp³-hybridized carbons (Fsp3) is 0.500. The second kappa shape index (κ2) is 2.64. The molecule has 3 heterocycles. The van der Waals surface area contributed by atoms with E-state index in [1.165, 1.54) is 9.25 Å². The summed E-state index contributed by atoms with van der Waals surface area (Å²) in [4.78, 5) is 25.6. The molecule has 2 bridgehead atoms. The second-order valence-electron chi connectivity index (χ2n) is 7.47. The van der Waals surface area contributed by atoms with Gasteiger partial charge in [-0.15, -0.1) is 0 Å². The van der Waals surface area contributed by atoms with Gasteiger partial charge in [0.2, 0.25) is 0 Å². The Morgan fingerprint density at radius 3 is 2.36 bits per heavy atom. The summed E-state index contributed by atoms with van der Waals surface area (Å²) in [5, 5.41) is 0. The summed E-state index contributed by atoms with van der Waals surface area (Å²) in [7, 11) is 0. The molecule has 0 saturated heterocycles. The van der Waals surface area contributed by atoms with Gasteiger partial charge in [0.15, 0.2) is 0 Å². The molecule has 2 aliphatic heterocycles. The van der Waals surface area contributed by atoms with E-state index in [1.54, 1.807) is 28.9 Å². The average molecular weight is 297 g/mol. The minimum absolute atomic E-state index is 0.0128. The highest BCUT2D eigenvalue weighted by Gasteiger charge is 2.98. The second-order valence-corrected chi connectivity index (χ2v) is 7.47. The van der Waals surface area contributed by atoms with Gasteiger partial charge in [-0.2, -0.15) is 0 Å². The van der Waals surface area contributed by atoms with Gasteiger partial charge in [0.05, 0.1) is 17.8 Å². The number of benzene rings is 1. The van der Waals surface area contributed by atoms with Crippen molar-refractivity contribution in [2.75, 3.05) is 0 Å². The number of rotatable bonds is 1. The summed E-state index contributed by atoms with van der Waals surface area (Å²) in [6.07, 6.45) is 0. The van der Waals surface area contributed by atoms with Crippen molar-refractivity contribution in [2.24, 2.45) is 29.6 Å². The van der Waals surface area contributed by atoms with Crippen LogP contribution in [0.15, 0.2) is 39.9 Å². The van der Waals surface area contributed by atoms with Crippen LogP contribution in [0.3, 0.4) is 0 Å². The number of alkyl halides is 1. The molecule has 0 N–H and O–H groups in total. The van der Waals surface area contributed by atoms with Gasteiger partial charge in [-0.3, -0.25) is 0 Å². The van der Waals surface area contributed by atoms with Gasteiger partial charge < -0.3 is 0 Å². The van der Waals surface area contributed by atoms with E-state index in [1.807, 2.05) is 6.07 Å². The lowest BCUT2D eigenvalue weighted by Crippen LogP contribution is -2.98. The lowest BCUT2D eigenvalue weighted by Gasteiger charge is -2.93. The topological polar surface area (TPSA) is 48.9 Å². The predicted octanol–water partition coefficient (Wildman–Crippen LogP) is 0.740. The Balaban J connectivity index is 1.57. The zero-order chi connectivity index (χ0) is 14.5. The van der Waals surface area contributed by atoms with Crippen molar-refractivity contribution in [1.82, 2.24) is 13.9 Å². The van der Waals surface area contributed by atoms with E-state index >= 15 is 4.39 Å². The molecule has 6 aliphatic rings. The molecule has 22 heavy (non-hydrogen) atoms. The minimum Gasteiger partial charge on any atom is -0.245 e. The maximum Gasteiger partial charge on any atom is 0.352 e. The maximum atomic E-state index is 15.2. The fourth-order valence-electron chi connectivity index (χ4n) is 6.77. The highest BCUT2D eigenvalue weighted by atomic mass is 19.1. The summed E-state index contributed by atoms with van der Waals surface area (Å²) >= 11 is 0. The zero-order valence-corrected chi connectivity index (χ0v) is 11.5. The first-order valence-electron chi connectivity index (χ1n) is 7.88. The molecule has 8 rings (SSSR count). The van der Waals surface area contributed by atoms with Crippen LogP contribution in [-0.4, -0.2) is 19.6 Å². The van der Waals surface area contributed by atoms with Crippen molar-refractivity contribution in [3.8, 4) is 5.69 Å². The molecule has 0 amide bonds. The Labute approximate surface area is 123 Å². The number of halogens is 1. The van der Waals surface area contributed by atoms with E-state index in [0.717, 1.165) is 0 Å². The summed E-state index contributed by atoms with van der Waals surface area (Å²) in [6.45, 7) is 0. The smallest absolute Gasteiger partial charge is 0.245 e. The minimum atomic E-state index is -1.20. The molecule has 0 radical (unpaired) electrons. The summed E-state index contributed by atoms with van der Waals surface area (Å²) < 4.78 is 19.4. The largest absolute Gasteiger partial charge is 0.352 e. The maximum absolute atomic E-state index is 15.2. The van der Waals surface area contributed by atoms with Crippen LogP contribution in [0.2, 0.25) is 0 Å². The predicted molar refractivity (Wildman–Crippen MR) is 73.7 cm³/mol. The molecule has 4 aliphatic carbocycles. The SMILES string of the molecule is O=c1n(-c2ccccc2)c(=O)n2n1[C@@H]1[C@@H]3[C@H]4[C@H]5[C@H]3[C@H]2[C@]5(F)[C@@H]41. The molecule has 0 unspecified atom stereocenters. The lowest BCUT2D eigenvalue weighted by molar-refractivity contribution is -0.495. The molecular weight excluding hydrogens is 285 g/mol. The van der Waals surface area contributed by atoms with Crippen LogP contribution < -0.4 is 11.4 Å². The van der Waals surface area contributed by atoms with Gasteiger partial charge in [0.1, 0.15) is 5.67 Å². The summed E-state index contributed by atoms with van der Waals surface area (Å²) in [6, 6.07) is 8.45. The first kappa shape index (κ1) is 10.6. The Hall–Kier alpha value is -2.11. The normalized spacial score (nSPS) is 50.1. The van der Waals surface area contributed by atoms with Crippen LogP contribution in [0.25, 0.3) is 5.69 Å². The van der Waals surface area contributed by atoms with Crippen molar-refractivity contribution < 1.29 is 4.39 Å². The van der Waals surface area contributed by atoms with Gasteiger partial charge in [-0.05, 0) is 29.9 Å². The molecule has 1 aromatic heterocycles. The molecular formula is C16H12FN3O2. The number of para-hydroxylation sites is 1. The van der Waals surface area contributed by atoms with Gasteiger partial charge in [-0.25, -0.2) is 27.9 Å². The highest BCUT2D eigenvalue weighted by Crippen LogP contribution is 2.94. The van der Waals surface area contributed by atoms with Crippen LogP contribution in [0.5, 0.6) is 0 Å².